The van der Waals surface area contributed by atoms with E-state index in [1.807, 2.05) is 5.32 Å². The molecule has 0 aromatic heterocycles. The van der Waals surface area contributed by atoms with Gasteiger partial charge in [0.1, 0.15) is 0 Å². The zero-order chi connectivity index (χ0) is 15.3. The number of alkyl halides is 3. The first kappa shape index (κ1) is 17.1. The van der Waals surface area contributed by atoms with Gasteiger partial charge in [-0.1, -0.05) is 11.6 Å². The fraction of sp³-hybridized carbons (Fsp3) is 0.364. The lowest BCUT2D eigenvalue weighted by Crippen LogP contribution is -2.35. The molecule has 0 radical (unpaired) electrons. The first-order valence-electron chi connectivity index (χ1n) is 5.33. The predicted molar refractivity (Wildman–Crippen MR) is 73.3 cm³/mol. The van der Waals surface area contributed by atoms with Gasteiger partial charge in [-0.05, 0) is 28.1 Å². The van der Waals surface area contributed by atoms with Crippen LogP contribution in [-0.2, 0) is 4.79 Å². The summed E-state index contributed by atoms with van der Waals surface area (Å²) in [6, 6.07) is 3.00. The van der Waals surface area contributed by atoms with Crippen molar-refractivity contribution in [2.45, 2.75) is 6.18 Å². The Morgan fingerprint density at radius 3 is 2.65 bits per heavy atom. The van der Waals surface area contributed by atoms with E-state index >= 15 is 0 Å². The molecule has 0 heterocycles. The minimum Gasteiger partial charge on any atom is -0.493 e. The van der Waals surface area contributed by atoms with E-state index < -0.39 is 25.2 Å². The average molecular weight is 376 g/mol. The summed E-state index contributed by atoms with van der Waals surface area (Å²) in [5.74, 6) is -0.305. The van der Waals surface area contributed by atoms with Crippen molar-refractivity contribution in [1.82, 2.24) is 5.32 Å². The second kappa shape index (κ2) is 7.14. The van der Waals surface area contributed by atoms with E-state index in [1.165, 1.54) is 13.2 Å². The van der Waals surface area contributed by atoms with E-state index in [4.69, 9.17) is 16.3 Å². The fourth-order valence-electron chi connectivity index (χ4n) is 1.37. The number of halogens is 5. The lowest BCUT2D eigenvalue weighted by molar-refractivity contribution is -0.126. The first-order valence-corrected chi connectivity index (χ1v) is 6.50. The lowest BCUT2D eigenvalue weighted by Gasteiger charge is -2.13. The molecule has 0 aliphatic heterocycles. The Labute approximate surface area is 126 Å². The summed E-state index contributed by atoms with van der Waals surface area (Å²) in [5.41, 5.74) is 0.269. The highest BCUT2D eigenvalue weighted by Gasteiger charge is 2.26. The number of ether oxygens (including phenoxy) is 1. The predicted octanol–water partition coefficient (Wildman–Crippen LogP) is 3.20. The maximum atomic E-state index is 11.9. The number of hydrogen-bond donors (Lipinski definition) is 2. The number of amides is 1. The maximum Gasteiger partial charge on any atom is 0.401 e. The molecule has 1 aromatic carbocycles. The molecular weight excluding hydrogens is 364 g/mol. The Bertz CT molecular complexity index is 497. The minimum atomic E-state index is -4.36. The van der Waals surface area contributed by atoms with Gasteiger partial charge < -0.3 is 15.4 Å². The van der Waals surface area contributed by atoms with Gasteiger partial charge in [0.15, 0.2) is 5.75 Å². The summed E-state index contributed by atoms with van der Waals surface area (Å²) < 4.78 is 41.3. The van der Waals surface area contributed by atoms with Gasteiger partial charge in [0.2, 0.25) is 5.91 Å². The van der Waals surface area contributed by atoms with Crippen LogP contribution >= 0.6 is 27.5 Å². The third kappa shape index (κ3) is 5.56. The fourth-order valence-corrected chi connectivity index (χ4v) is 2.34. The normalized spacial score (nSPS) is 11.3. The van der Waals surface area contributed by atoms with Gasteiger partial charge in [-0.3, -0.25) is 4.79 Å². The zero-order valence-corrected chi connectivity index (χ0v) is 12.6. The Morgan fingerprint density at radius 2 is 2.10 bits per heavy atom. The summed E-state index contributed by atoms with van der Waals surface area (Å²) in [6.07, 6.45) is -4.36. The maximum absolute atomic E-state index is 11.9. The van der Waals surface area contributed by atoms with Gasteiger partial charge in [0, 0.05) is 5.02 Å². The van der Waals surface area contributed by atoms with Crippen molar-refractivity contribution < 1.29 is 22.7 Å². The van der Waals surface area contributed by atoms with Crippen LogP contribution in [0.25, 0.3) is 0 Å². The molecule has 0 spiro atoms. The molecule has 112 valence electrons. The van der Waals surface area contributed by atoms with Crippen molar-refractivity contribution >= 4 is 39.1 Å². The van der Waals surface area contributed by atoms with Gasteiger partial charge in [-0.25, -0.2) is 0 Å². The van der Waals surface area contributed by atoms with E-state index in [1.54, 1.807) is 6.07 Å². The number of hydrogen-bond acceptors (Lipinski definition) is 3. The van der Waals surface area contributed by atoms with E-state index in [0.29, 0.717) is 15.2 Å². The molecular formula is C11H11BrClF3N2O2. The highest BCUT2D eigenvalue weighted by atomic mass is 79.9. The molecule has 0 atom stereocenters. The molecule has 0 fully saturated rings. The van der Waals surface area contributed by atoms with Crippen LogP contribution in [0.2, 0.25) is 5.02 Å². The molecule has 0 aliphatic rings. The second-order valence-electron chi connectivity index (χ2n) is 3.74. The number of benzene rings is 1. The summed E-state index contributed by atoms with van der Waals surface area (Å²) in [7, 11) is 1.39. The molecule has 0 unspecified atom stereocenters. The Kier molecular flexibility index (Phi) is 6.09. The van der Waals surface area contributed by atoms with Crippen molar-refractivity contribution in [2.75, 3.05) is 25.5 Å². The van der Waals surface area contributed by atoms with Crippen molar-refractivity contribution in [3.05, 3.63) is 21.6 Å². The minimum absolute atomic E-state index is 0.269. The van der Waals surface area contributed by atoms with Crippen LogP contribution in [0.3, 0.4) is 0 Å². The zero-order valence-electron chi connectivity index (χ0n) is 10.3. The molecule has 0 aliphatic carbocycles. The third-order valence-electron chi connectivity index (χ3n) is 2.10. The first-order chi connectivity index (χ1) is 9.23. The smallest absolute Gasteiger partial charge is 0.401 e. The SMILES string of the molecule is COc1c(Br)cc(Cl)cc1NC(=O)CNCC(F)(F)F. The molecule has 1 rings (SSSR count). The monoisotopic (exact) mass is 374 g/mol. The van der Waals surface area contributed by atoms with Crippen LogP contribution in [0, 0.1) is 0 Å². The Balaban J connectivity index is 2.66. The summed E-state index contributed by atoms with van der Waals surface area (Å²) in [4.78, 5) is 11.5. The third-order valence-corrected chi connectivity index (χ3v) is 2.90. The average Bonchev–Trinajstić information content (AvgIpc) is 2.26. The quantitative estimate of drug-likeness (QED) is 0.831. The Morgan fingerprint density at radius 1 is 1.45 bits per heavy atom. The van der Waals surface area contributed by atoms with Gasteiger partial charge in [0.25, 0.3) is 0 Å². The van der Waals surface area contributed by atoms with Gasteiger partial charge in [0.05, 0.1) is 30.4 Å². The van der Waals surface area contributed by atoms with Crippen molar-refractivity contribution in [1.29, 1.82) is 0 Å². The molecule has 1 aromatic rings. The molecule has 0 saturated heterocycles. The number of nitrogens with one attached hydrogen (secondary N) is 2. The van der Waals surface area contributed by atoms with Gasteiger partial charge >= 0.3 is 6.18 Å². The lowest BCUT2D eigenvalue weighted by atomic mass is 10.3. The topological polar surface area (TPSA) is 50.4 Å². The standard InChI is InChI=1S/C11H11BrClF3N2O2/c1-20-10-7(12)2-6(13)3-8(10)18-9(19)4-17-5-11(14,15)16/h2-3,17H,4-5H2,1H3,(H,18,19). The largest absolute Gasteiger partial charge is 0.493 e. The van der Waals surface area contributed by atoms with Crippen LogP contribution in [0.5, 0.6) is 5.75 Å². The Hall–Kier alpha value is -0.990. The van der Waals surface area contributed by atoms with Crippen LogP contribution in [0.15, 0.2) is 16.6 Å². The molecule has 20 heavy (non-hydrogen) atoms. The van der Waals surface area contributed by atoms with Crippen LogP contribution in [0.1, 0.15) is 0 Å². The van der Waals surface area contributed by atoms with Crippen LogP contribution in [0.4, 0.5) is 18.9 Å². The number of rotatable bonds is 5. The van der Waals surface area contributed by atoms with E-state index in [0.717, 1.165) is 0 Å². The van der Waals surface area contributed by atoms with Crippen molar-refractivity contribution in [3.8, 4) is 5.75 Å². The van der Waals surface area contributed by atoms with Crippen LogP contribution in [-0.4, -0.2) is 32.3 Å². The highest BCUT2D eigenvalue weighted by molar-refractivity contribution is 9.10. The second-order valence-corrected chi connectivity index (χ2v) is 5.03. The van der Waals surface area contributed by atoms with Crippen LogP contribution < -0.4 is 15.4 Å². The van der Waals surface area contributed by atoms with Gasteiger partial charge in [-0.2, -0.15) is 13.2 Å². The summed E-state index contributed by atoms with van der Waals surface area (Å²) >= 11 is 9.03. The van der Waals surface area contributed by atoms with Gasteiger partial charge in [-0.15, -0.1) is 0 Å². The van der Waals surface area contributed by atoms with Crippen molar-refractivity contribution in [3.63, 3.8) is 0 Å². The summed E-state index contributed by atoms with van der Waals surface area (Å²) in [5, 5.41) is 4.75. The molecule has 2 N–H and O–H groups in total. The molecule has 0 bridgehead atoms. The highest BCUT2D eigenvalue weighted by Crippen LogP contribution is 2.36. The summed E-state index contributed by atoms with van der Waals surface area (Å²) in [6.45, 7) is -1.72. The number of carbonyl (C=O) groups is 1. The van der Waals surface area contributed by atoms with E-state index in [2.05, 4.69) is 21.2 Å². The van der Waals surface area contributed by atoms with E-state index in [-0.39, 0.29) is 5.69 Å². The molecule has 4 nitrogen and oxygen atoms in total. The molecule has 9 heteroatoms. The number of carbonyl (C=O) groups excluding carboxylic acids is 1. The molecule has 1 amide bonds. The van der Waals surface area contributed by atoms with E-state index in [9.17, 15) is 18.0 Å². The number of methoxy groups -OCH3 is 1. The van der Waals surface area contributed by atoms with Crippen molar-refractivity contribution in [2.24, 2.45) is 0 Å². The molecule has 0 saturated carbocycles. The number of anilines is 1.